The molecule has 2 heterocycles. The number of aryl methyl sites for hydroxylation is 1. The number of amides is 3. The molecule has 0 spiro atoms. The quantitative estimate of drug-likeness (QED) is 0.887. The van der Waals surface area contributed by atoms with Crippen molar-refractivity contribution in [2.75, 3.05) is 26.2 Å². The molecule has 9 heteroatoms. The number of nitrogens with zero attached hydrogens (tertiary/aromatic N) is 3. The molecule has 26 heavy (non-hydrogen) atoms. The molecule has 1 saturated heterocycles. The van der Waals surface area contributed by atoms with E-state index in [2.05, 4.69) is 10.5 Å². The maximum Gasteiger partial charge on any atom is 0.317 e. The van der Waals surface area contributed by atoms with Gasteiger partial charge in [0, 0.05) is 32.2 Å². The van der Waals surface area contributed by atoms with Gasteiger partial charge < -0.3 is 19.6 Å². The number of aromatic nitrogens is 1. The second kappa shape index (κ2) is 7.74. The van der Waals surface area contributed by atoms with Crippen molar-refractivity contribution >= 4 is 23.5 Å². The highest BCUT2D eigenvalue weighted by Crippen LogP contribution is 2.20. The summed E-state index contributed by atoms with van der Waals surface area (Å²) in [5.41, 5.74) is 0.906. The second-order valence-electron chi connectivity index (χ2n) is 5.99. The predicted molar refractivity (Wildman–Crippen MR) is 92.4 cm³/mol. The van der Waals surface area contributed by atoms with E-state index in [4.69, 9.17) is 16.1 Å². The number of hydrogen-bond acceptors (Lipinski definition) is 4. The fourth-order valence-corrected chi connectivity index (χ4v) is 2.97. The van der Waals surface area contributed by atoms with Crippen molar-refractivity contribution < 1.29 is 18.5 Å². The highest BCUT2D eigenvalue weighted by Gasteiger charge is 2.26. The third kappa shape index (κ3) is 4.13. The largest absolute Gasteiger partial charge is 0.361 e. The van der Waals surface area contributed by atoms with E-state index in [0.29, 0.717) is 37.6 Å². The highest BCUT2D eigenvalue weighted by molar-refractivity contribution is 6.33. The van der Waals surface area contributed by atoms with Gasteiger partial charge in [-0.1, -0.05) is 16.8 Å². The first-order valence-electron chi connectivity index (χ1n) is 8.13. The molecule has 0 bridgehead atoms. The van der Waals surface area contributed by atoms with Crippen LogP contribution in [0.4, 0.5) is 9.18 Å². The Bertz CT molecular complexity index is 818. The molecule has 1 aromatic heterocycles. The van der Waals surface area contributed by atoms with E-state index in [0.717, 1.165) is 6.07 Å². The predicted octanol–water partition coefficient (Wildman–Crippen LogP) is 2.44. The van der Waals surface area contributed by atoms with E-state index in [1.165, 1.54) is 12.1 Å². The summed E-state index contributed by atoms with van der Waals surface area (Å²) < 4.78 is 18.1. The van der Waals surface area contributed by atoms with Crippen LogP contribution in [0.1, 0.15) is 21.8 Å². The number of rotatable bonds is 3. The number of urea groups is 1. The maximum atomic E-state index is 13.1. The van der Waals surface area contributed by atoms with Crippen molar-refractivity contribution in [3.8, 4) is 0 Å². The Labute approximate surface area is 154 Å². The molecule has 0 saturated carbocycles. The highest BCUT2D eigenvalue weighted by atomic mass is 35.5. The number of carbonyl (C=O) groups excluding carboxylic acids is 2. The number of nitrogens with one attached hydrogen (secondary N) is 1. The lowest BCUT2D eigenvalue weighted by atomic mass is 10.1. The molecule has 1 aliphatic heterocycles. The summed E-state index contributed by atoms with van der Waals surface area (Å²) in [5.74, 6) is -0.0793. The molecule has 2 aromatic rings. The second-order valence-corrected chi connectivity index (χ2v) is 6.40. The third-order valence-corrected chi connectivity index (χ3v) is 4.43. The molecule has 0 radical (unpaired) electrons. The van der Waals surface area contributed by atoms with Crippen LogP contribution >= 0.6 is 11.6 Å². The first-order valence-corrected chi connectivity index (χ1v) is 8.51. The van der Waals surface area contributed by atoms with E-state index < -0.39 is 5.82 Å². The summed E-state index contributed by atoms with van der Waals surface area (Å²) in [5, 5.41) is 6.67. The minimum absolute atomic E-state index is 0.0816. The molecule has 0 atom stereocenters. The number of carbonyl (C=O) groups is 2. The normalized spacial score (nSPS) is 14.4. The molecular formula is C17H18ClFN4O3. The minimum atomic E-state index is -0.490. The van der Waals surface area contributed by atoms with Gasteiger partial charge in [-0.3, -0.25) is 4.79 Å². The van der Waals surface area contributed by atoms with Gasteiger partial charge >= 0.3 is 6.03 Å². The molecule has 1 fully saturated rings. The lowest BCUT2D eigenvalue weighted by Crippen LogP contribution is -2.53. The molecule has 1 aromatic carbocycles. The number of piperazine rings is 1. The van der Waals surface area contributed by atoms with Gasteiger partial charge in [0.2, 0.25) is 0 Å². The van der Waals surface area contributed by atoms with Crippen LogP contribution in [0.5, 0.6) is 0 Å². The van der Waals surface area contributed by atoms with Crippen LogP contribution < -0.4 is 5.32 Å². The zero-order chi connectivity index (χ0) is 18.7. The van der Waals surface area contributed by atoms with Gasteiger partial charge in [0.15, 0.2) is 0 Å². The summed E-state index contributed by atoms with van der Waals surface area (Å²) >= 11 is 5.95. The van der Waals surface area contributed by atoms with Crippen LogP contribution in [0.15, 0.2) is 28.8 Å². The average molecular weight is 381 g/mol. The van der Waals surface area contributed by atoms with E-state index in [1.54, 1.807) is 22.8 Å². The van der Waals surface area contributed by atoms with Gasteiger partial charge in [-0.05, 0) is 25.1 Å². The van der Waals surface area contributed by atoms with Crippen molar-refractivity contribution in [1.29, 1.82) is 0 Å². The molecule has 7 nitrogen and oxygen atoms in total. The summed E-state index contributed by atoms with van der Waals surface area (Å²) in [4.78, 5) is 27.9. The van der Waals surface area contributed by atoms with Crippen molar-refractivity contribution in [2.24, 2.45) is 0 Å². The maximum absolute atomic E-state index is 13.1. The van der Waals surface area contributed by atoms with Gasteiger partial charge in [0.1, 0.15) is 17.3 Å². The van der Waals surface area contributed by atoms with Gasteiger partial charge in [0.25, 0.3) is 5.91 Å². The third-order valence-electron chi connectivity index (χ3n) is 4.11. The van der Waals surface area contributed by atoms with Crippen LogP contribution in [0.25, 0.3) is 0 Å². The first-order chi connectivity index (χ1) is 12.4. The SMILES string of the molecule is Cc1cc(CNC(=O)N2CCN(C(=O)c3ccc(F)cc3Cl)CC2)no1. The average Bonchev–Trinajstić information content (AvgIpc) is 3.04. The van der Waals surface area contributed by atoms with Gasteiger partial charge in [-0.25, -0.2) is 9.18 Å². The summed E-state index contributed by atoms with van der Waals surface area (Å²) in [6.45, 7) is 3.61. The Hall–Kier alpha value is -2.61. The van der Waals surface area contributed by atoms with Gasteiger partial charge in [-0.15, -0.1) is 0 Å². The van der Waals surface area contributed by atoms with Gasteiger partial charge in [0.05, 0.1) is 17.1 Å². The zero-order valence-electron chi connectivity index (χ0n) is 14.2. The minimum Gasteiger partial charge on any atom is -0.361 e. The Morgan fingerprint density at radius 3 is 2.54 bits per heavy atom. The smallest absolute Gasteiger partial charge is 0.317 e. The molecule has 3 rings (SSSR count). The molecule has 1 N–H and O–H groups in total. The van der Waals surface area contributed by atoms with E-state index in [1.807, 2.05) is 0 Å². The Kier molecular flexibility index (Phi) is 5.41. The fraction of sp³-hybridized carbons (Fsp3) is 0.353. The van der Waals surface area contributed by atoms with Crippen LogP contribution in [-0.4, -0.2) is 53.1 Å². The number of halogens is 2. The number of benzene rings is 1. The van der Waals surface area contributed by atoms with Crippen LogP contribution in [-0.2, 0) is 6.54 Å². The fourth-order valence-electron chi connectivity index (χ4n) is 2.73. The number of hydrogen-bond donors (Lipinski definition) is 1. The summed E-state index contributed by atoms with van der Waals surface area (Å²) in [6.07, 6.45) is 0. The van der Waals surface area contributed by atoms with Crippen molar-refractivity contribution in [2.45, 2.75) is 13.5 Å². The summed E-state index contributed by atoms with van der Waals surface area (Å²) in [6, 6.07) is 5.22. The zero-order valence-corrected chi connectivity index (χ0v) is 14.9. The molecule has 0 unspecified atom stereocenters. The first kappa shape index (κ1) is 18.2. The van der Waals surface area contributed by atoms with Crippen molar-refractivity contribution in [1.82, 2.24) is 20.3 Å². The van der Waals surface area contributed by atoms with Crippen molar-refractivity contribution in [3.63, 3.8) is 0 Å². The standard InChI is InChI=1S/C17H18ClFN4O3/c1-11-8-13(21-26-11)10-20-17(25)23-6-4-22(5-7-23)16(24)14-3-2-12(19)9-15(14)18/h2-3,8-9H,4-7,10H2,1H3,(H,20,25). The Morgan fingerprint density at radius 2 is 1.92 bits per heavy atom. The van der Waals surface area contributed by atoms with Crippen LogP contribution in [0.2, 0.25) is 5.02 Å². The Balaban J connectivity index is 1.51. The molecule has 138 valence electrons. The molecule has 0 aliphatic carbocycles. The topological polar surface area (TPSA) is 78.7 Å². The molecule has 1 aliphatic rings. The lowest BCUT2D eigenvalue weighted by Gasteiger charge is -2.34. The van der Waals surface area contributed by atoms with Crippen LogP contribution in [0.3, 0.4) is 0 Å². The Morgan fingerprint density at radius 1 is 1.23 bits per heavy atom. The molecular weight excluding hydrogens is 363 g/mol. The molecule has 3 amide bonds. The van der Waals surface area contributed by atoms with E-state index >= 15 is 0 Å². The lowest BCUT2D eigenvalue weighted by molar-refractivity contribution is 0.0665. The van der Waals surface area contributed by atoms with E-state index in [9.17, 15) is 14.0 Å². The van der Waals surface area contributed by atoms with E-state index in [-0.39, 0.29) is 29.1 Å². The monoisotopic (exact) mass is 380 g/mol. The van der Waals surface area contributed by atoms with Gasteiger partial charge in [-0.2, -0.15) is 0 Å². The van der Waals surface area contributed by atoms with Crippen molar-refractivity contribution in [3.05, 3.63) is 52.1 Å². The summed E-state index contributed by atoms with van der Waals surface area (Å²) in [7, 11) is 0. The van der Waals surface area contributed by atoms with Crippen LogP contribution in [0, 0.1) is 12.7 Å².